The van der Waals surface area contributed by atoms with Crippen LogP contribution in [0.5, 0.6) is 0 Å². The van der Waals surface area contributed by atoms with Gasteiger partial charge in [-0.1, -0.05) is 42.1 Å². The van der Waals surface area contributed by atoms with E-state index >= 15 is 0 Å². The first-order valence-corrected chi connectivity index (χ1v) is 8.64. The number of carbonyl (C=O) groups excluding carboxylic acids is 1. The molecule has 1 heterocycles. The molecule has 2 rings (SSSR count). The molecule has 120 valence electrons. The van der Waals surface area contributed by atoms with Gasteiger partial charge in [-0.25, -0.2) is 5.01 Å². The number of hydrogen-bond acceptors (Lipinski definition) is 5. The van der Waals surface area contributed by atoms with Crippen molar-refractivity contribution in [3.63, 3.8) is 0 Å². The SMILES string of the molecule is CSC(=NCCCN1N=C(c2ccccc2)CCC1=O)NC#N. The molecule has 0 bridgehead atoms. The molecule has 0 fully saturated rings. The van der Waals surface area contributed by atoms with Gasteiger partial charge >= 0.3 is 0 Å². The Hall–Kier alpha value is -2.33. The number of nitriles is 1. The number of amidine groups is 1. The zero-order valence-corrected chi connectivity index (χ0v) is 13.8. The number of nitrogens with one attached hydrogen (secondary N) is 1. The van der Waals surface area contributed by atoms with E-state index in [9.17, 15) is 4.79 Å². The van der Waals surface area contributed by atoms with Crippen molar-refractivity contribution in [3.05, 3.63) is 35.9 Å². The lowest BCUT2D eigenvalue weighted by Crippen LogP contribution is -2.33. The van der Waals surface area contributed by atoms with Gasteiger partial charge in [0.15, 0.2) is 11.4 Å². The molecule has 0 saturated carbocycles. The predicted molar refractivity (Wildman–Crippen MR) is 93.1 cm³/mol. The van der Waals surface area contributed by atoms with Gasteiger partial charge in [-0.15, -0.1) is 0 Å². The molecule has 0 saturated heterocycles. The van der Waals surface area contributed by atoms with Crippen LogP contribution < -0.4 is 5.32 Å². The molecule has 1 N–H and O–H groups in total. The molecule has 23 heavy (non-hydrogen) atoms. The highest BCUT2D eigenvalue weighted by molar-refractivity contribution is 8.13. The minimum Gasteiger partial charge on any atom is -0.273 e. The zero-order chi connectivity index (χ0) is 16.5. The van der Waals surface area contributed by atoms with Gasteiger partial charge in [0.1, 0.15) is 0 Å². The summed E-state index contributed by atoms with van der Waals surface area (Å²) in [6.07, 6.45) is 5.58. The van der Waals surface area contributed by atoms with Crippen molar-refractivity contribution >= 4 is 28.5 Å². The molecule has 1 aromatic rings. The summed E-state index contributed by atoms with van der Waals surface area (Å²) >= 11 is 1.39. The van der Waals surface area contributed by atoms with Crippen molar-refractivity contribution in [3.8, 4) is 6.19 Å². The van der Waals surface area contributed by atoms with Crippen molar-refractivity contribution in [2.75, 3.05) is 19.3 Å². The van der Waals surface area contributed by atoms with Crippen LogP contribution in [-0.2, 0) is 4.79 Å². The standard InChI is InChI=1S/C16H19N5OS/c1-23-16(19-12-17)18-10-5-11-21-15(22)9-8-14(20-21)13-6-3-2-4-7-13/h2-4,6-7H,5,8-11H2,1H3,(H,18,19). The van der Waals surface area contributed by atoms with Crippen LogP contribution >= 0.6 is 11.8 Å². The first-order valence-electron chi connectivity index (χ1n) is 7.41. The molecule has 0 aromatic heterocycles. The van der Waals surface area contributed by atoms with Gasteiger partial charge in [-0.3, -0.25) is 15.1 Å². The molecule has 7 heteroatoms. The third-order valence-electron chi connectivity index (χ3n) is 3.35. The fraction of sp³-hybridized carbons (Fsp3) is 0.375. The highest BCUT2D eigenvalue weighted by atomic mass is 32.2. The third-order valence-corrected chi connectivity index (χ3v) is 3.97. The summed E-state index contributed by atoms with van der Waals surface area (Å²) in [6, 6.07) is 9.93. The Morgan fingerprint density at radius 1 is 1.43 bits per heavy atom. The second kappa shape index (κ2) is 8.96. The second-order valence-corrected chi connectivity index (χ2v) is 5.71. The average molecular weight is 329 g/mol. The number of rotatable bonds is 5. The van der Waals surface area contributed by atoms with E-state index < -0.39 is 0 Å². The van der Waals surface area contributed by atoms with Crippen LogP contribution in [0.25, 0.3) is 0 Å². The highest BCUT2D eigenvalue weighted by Gasteiger charge is 2.20. The van der Waals surface area contributed by atoms with Gasteiger partial charge in [0, 0.05) is 25.9 Å². The van der Waals surface area contributed by atoms with Crippen LogP contribution in [0.1, 0.15) is 24.8 Å². The largest absolute Gasteiger partial charge is 0.273 e. The number of thioether (sulfide) groups is 1. The summed E-state index contributed by atoms with van der Waals surface area (Å²) in [5.41, 5.74) is 2.01. The van der Waals surface area contributed by atoms with Crippen LogP contribution in [0.15, 0.2) is 40.4 Å². The summed E-state index contributed by atoms with van der Waals surface area (Å²) in [4.78, 5) is 16.3. The van der Waals surface area contributed by atoms with Crippen molar-refractivity contribution in [2.24, 2.45) is 10.1 Å². The summed E-state index contributed by atoms with van der Waals surface area (Å²) in [5.74, 6) is 0.0499. The Kier molecular flexibility index (Phi) is 6.63. The van der Waals surface area contributed by atoms with E-state index in [1.54, 1.807) is 0 Å². The van der Waals surface area contributed by atoms with Crippen LogP contribution in [0.4, 0.5) is 0 Å². The molecule has 1 amide bonds. The molecule has 1 aliphatic heterocycles. The summed E-state index contributed by atoms with van der Waals surface area (Å²) in [5, 5.41) is 17.7. The normalized spacial score (nSPS) is 15.1. The fourth-order valence-corrected chi connectivity index (χ4v) is 2.59. The third kappa shape index (κ3) is 5.11. The van der Waals surface area contributed by atoms with Gasteiger partial charge in [-0.05, 0) is 18.2 Å². The fourth-order valence-electron chi connectivity index (χ4n) is 2.22. The quantitative estimate of drug-likeness (QED) is 0.295. The molecular formula is C16H19N5OS. The maximum Gasteiger partial charge on any atom is 0.243 e. The molecule has 1 aliphatic rings. The maximum absolute atomic E-state index is 12.0. The Bertz CT molecular complexity index is 636. The maximum atomic E-state index is 12.0. The minimum atomic E-state index is 0.0499. The highest BCUT2D eigenvalue weighted by Crippen LogP contribution is 2.15. The Morgan fingerprint density at radius 2 is 2.22 bits per heavy atom. The lowest BCUT2D eigenvalue weighted by atomic mass is 10.0. The van der Waals surface area contributed by atoms with Crippen LogP contribution in [0, 0.1) is 11.5 Å². The summed E-state index contributed by atoms with van der Waals surface area (Å²) in [7, 11) is 0. The lowest BCUT2D eigenvalue weighted by molar-refractivity contribution is -0.131. The predicted octanol–water partition coefficient (Wildman–Crippen LogP) is 2.19. The number of hydrogen-bond donors (Lipinski definition) is 1. The molecule has 0 aliphatic carbocycles. The molecule has 0 atom stereocenters. The molecular weight excluding hydrogens is 310 g/mol. The number of hydrazone groups is 1. The van der Waals surface area contributed by atoms with Crippen LogP contribution in [0.2, 0.25) is 0 Å². The van der Waals surface area contributed by atoms with Crippen molar-refractivity contribution in [2.45, 2.75) is 19.3 Å². The lowest BCUT2D eigenvalue weighted by Gasteiger charge is -2.23. The van der Waals surface area contributed by atoms with Crippen molar-refractivity contribution in [1.82, 2.24) is 10.3 Å². The monoisotopic (exact) mass is 329 g/mol. The van der Waals surface area contributed by atoms with Crippen LogP contribution in [-0.4, -0.2) is 41.1 Å². The number of aliphatic imine (C=N–C) groups is 1. The van der Waals surface area contributed by atoms with E-state index in [0.717, 1.165) is 11.3 Å². The van der Waals surface area contributed by atoms with Gasteiger partial charge in [0.25, 0.3) is 0 Å². The minimum absolute atomic E-state index is 0.0499. The summed E-state index contributed by atoms with van der Waals surface area (Å²) < 4.78 is 0. The average Bonchev–Trinajstić information content (AvgIpc) is 2.59. The number of nitrogens with zero attached hydrogens (tertiary/aromatic N) is 4. The Morgan fingerprint density at radius 3 is 2.91 bits per heavy atom. The van der Waals surface area contributed by atoms with E-state index in [2.05, 4.69) is 15.4 Å². The van der Waals surface area contributed by atoms with E-state index in [1.165, 1.54) is 16.8 Å². The molecule has 1 aromatic carbocycles. The van der Waals surface area contributed by atoms with E-state index in [4.69, 9.17) is 5.26 Å². The van der Waals surface area contributed by atoms with Gasteiger partial charge in [0.05, 0.1) is 5.71 Å². The Balaban J connectivity index is 1.93. The Labute approximate surface area is 140 Å². The van der Waals surface area contributed by atoms with Crippen molar-refractivity contribution in [1.29, 1.82) is 5.26 Å². The van der Waals surface area contributed by atoms with Crippen LogP contribution in [0.3, 0.4) is 0 Å². The molecule has 0 unspecified atom stereocenters. The number of benzene rings is 1. The van der Waals surface area contributed by atoms with Gasteiger partial charge < -0.3 is 0 Å². The van der Waals surface area contributed by atoms with Gasteiger partial charge in [-0.2, -0.15) is 10.4 Å². The molecule has 6 nitrogen and oxygen atoms in total. The van der Waals surface area contributed by atoms with Gasteiger partial charge in [0.2, 0.25) is 5.91 Å². The zero-order valence-electron chi connectivity index (χ0n) is 13.0. The second-order valence-electron chi connectivity index (χ2n) is 4.91. The van der Waals surface area contributed by atoms with E-state index in [0.29, 0.717) is 37.5 Å². The first kappa shape index (κ1) is 17.0. The number of amides is 1. The number of carbonyl (C=O) groups is 1. The van der Waals surface area contributed by atoms with E-state index in [1.807, 2.05) is 42.8 Å². The smallest absolute Gasteiger partial charge is 0.243 e. The summed E-state index contributed by atoms with van der Waals surface area (Å²) in [6.45, 7) is 1.08. The topological polar surface area (TPSA) is 80.8 Å². The van der Waals surface area contributed by atoms with Crippen molar-refractivity contribution < 1.29 is 4.79 Å². The first-order chi connectivity index (χ1) is 11.2. The van der Waals surface area contributed by atoms with E-state index in [-0.39, 0.29) is 5.91 Å². The molecule has 0 spiro atoms. The molecule has 0 radical (unpaired) electrons.